The zero-order valence-corrected chi connectivity index (χ0v) is 9.53. The number of ether oxygens (including phenoxy) is 2. The molecule has 0 atom stereocenters. The Balaban J connectivity index is 2.08. The lowest BCUT2D eigenvalue weighted by molar-refractivity contribution is -0.130. The molecule has 0 saturated carbocycles. The highest BCUT2D eigenvalue weighted by Gasteiger charge is 2.14. The van der Waals surface area contributed by atoms with Crippen molar-refractivity contribution in [1.29, 1.82) is 0 Å². The van der Waals surface area contributed by atoms with Gasteiger partial charge in [-0.25, -0.2) is 0 Å². The van der Waals surface area contributed by atoms with Gasteiger partial charge in [-0.1, -0.05) is 13.0 Å². The van der Waals surface area contributed by atoms with E-state index in [1.807, 2.05) is 25.1 Å². The molecule has 0 N–H and O–H groups in total. The van der Waals surface area contributed by atoms with Crippen LogP contribution in [-0.4, -0.2) is 24.6 Å². The van der Waals surface area contributed by atoms with Crippen molar-refractivity contribution in [3.63, 3.8) is 0 Å². The minimum absolute atomic E-state index is 0.137. The van der Waals surface area contributed by atoms with Crippen LogP contribution in [0, 0.1) is 0 Å². The highest BCUT2D eigenvalue weighted by atomic mass is 16.7. The summed E-state index contributed by atoms with van der Waals surface area (Å²) in [5, 5.41) is 0. The van der Waals surface area contributed by atoms with Gasteiger partial charge in [0.25, 0.3) is 0 Å². The number of amides is 1. The smallest absolute Gasteiger partial charge is 0.231 e. The van der Waals surface area contributed by atoms with Gasteiger partial charge in [0.05, 0.1) is 0 Å². The van der Waals surface area contributed by atoms with E-state index in [2.05, 4.69) is 0 Å². The van der Waals surface area contributed by atoms with Crippen LogP contribution in [0.25, 0.3) is 0 Å². The average molecular weight is 221 g/mol. The topological polar surface area (TPSA) is 38.8 Å². The lowest BCUT2D eigenvalue weighted by Gasteiger charge is -2.16. The van der Waals surface area contributed by atoms with E-state index in [1.165, 1.54) is 0 Å². The number of carbonyl (C=O) groups is 1. The van der Waals surface area contributed by atoms with Crippen LogP contribution in [0.1, 0.15) is 18.9 Å². The lowest BCUT2D eigenvalue weighted by Crippen LogP contribution is -2.25. The normalized spacial score (nSPS) is 12.6. The summed E-state index contributed by atoms with van der Waals surface area (Å²) in [6, 6.07) is 5.75. The number of fused-ring (bicyclic) bond motifs is 1. The third kappa shape index (κ3) is 2.10. The van der Waals surface area contributed by atoms with Gasteiger partial charge >= 0.3 is 0 Å². The molecule has 1 amide bonds. The van der Waals surface area contributed by atoms with Crippen LogP contribution in [0.2, 0.25) is 0 Å². The van der Waals surface area contributed by atoms with Crippen LogP contribution in [0.3, 0.4) is 0 Å². The molecule has 16 heavy (non-hydrogen) atoms. The Morgan fingerprint density at radius 2 is 2.12 bits per heavy atom. The summed E-state index contributed by atoms with van der Waals surface area (Å²) in [6.45, 7) is 2.74. The molecule has 1 aliphatic heterocycles. The molecule has 1 aromatic carbocycles. The maximum Gasteiger partial charge on any atom is 0.231 e. The standard InChI is InChI=1S/C12H15NO3/c1-3-12(14)13(2)7-9-4-5-10-11(6-9)16-8-15-10/h4-6H,3,7-8H2,1-2H3. The van der Waals surface area contributed by atoms with Gasteiger partial charge in [0, 0.05) is 20.0 Å². The molecular formula is C12H15NO3. The zero-order chi connectivity index (χ0) is 11.5. The monoisotopic (exact) mass is 221 g/mol. The summed E-state index contributed by atoms with van der Waals surface area (Å²) >= 11 is 0. The molecule has 0 spiro atoms. The van der Waals surface area contributed by atoms with Gasteiger partial charge in [-0.3, -0.25) is 4.79 Å². The van der Waals surface area contributed by atoms with Crippen LogP contribution < -0.4 is 9.47 Å². The summed E-state index contributed by atoms with van der Waals surface area (Å²) in [6.07, 6.45) is 0.529. The first-order valence-electron chi connectivity index (χ1n) is 5.33. The van der Waals surface area contributed by atoms with Crippen molar-refractivity contribution in [1.82, 2.24) is 4.90 Å². The predicted molar refractivity (Wildman–Crippen MR) is 59.3 cm³/mol. The molecule has 1 aliphatic rings. The second-order valence-electron chi connectivity index (χ2n) is 3.79. The summed E-state index contributed by atoms with van der Waals surface area (Å²) < 4.78 is 10.5. The third-order valence-electron chi connectivity index (χ3n) is 2.58. The zero-order valence-electron chi connectivity index (χ0n) is 9.53. The SMILES string of the molecule is CCC(=O)N(C)Cc1ccc2c(c1)OCO2. The summed E-state index contributed by atoms with van der Waals surface area (Å²) in [4.78, 5) is 13.1. The van der Waals surface area contributed by atoms with Crippen molar-refractivity contribution in [2.24, 2.45) is 0 Å². The van der Waals surface area contributed by atoms with Crippen LogP contribution in [0.4, 0.5) is 0 Å². The van der Waals surface area contributed by atoms with Crippen LogP contribution >= 0.6 is 0 Å². The Labute approximate surface area is 94.8 Å². The molecule has 0 unspecified atom stereocenters. The molecule has 0 aromatic heterocycles. The number of benzene rings is 1. The minimum Gasteiger partial charge on any atom is -0.454 e. The molecular weight excluding hydrogens is 206 g/mol. The quantitative estimate of drug-likeness (QED) is 0.781. The fourth-order valence-corrected chi connectivity index (χ4v) is 1.67. The molecule has 2 rings (SSSR count). The lowest BCUT2D eigenvalue weighted by atomic mass is 10.2. The minimum atomic E-state index is 0.137. The molecule has 0 radical (unpaired) electrons. The number of carbonyl (C=O) groups excluding carboxylic acids is 1. The summed E-state index contributed by atoms with van der Waals surface area (Å²) in [5.74, 6) is 1.67. The van der Waals surface area contributed by atoms with Crippen molar-refractivity contribution < 1.29 is 14.3 Å². The number of rotatable bonds is 3. The predicted octanol–water partition coefficient (Wildman–Crippen LogP) is 1.78. The summed E-state index contributed by atoms with van der Waals surface area (Å²) in [7, 11) is 1.80. The second-order valence-corrected chi connectivity index (χ2v) is 3.79. The van der Waals surface area contributed by atoms with E-state index < -0.39 is 0 Å². The number of hydrogen-bond acceptors (Lipinski definition) is 3. The van der Waals surface area contributed by atoms with Gasteiger partial charge in [0.15, 0.2) is 11.5 Å². The van der Waals surface area contributed by atoms with Crippen molar-refractivity contribution >= 4 is 5.91 Å². The fraction of sp³-hybridized carbons (Fsp3) is 0.417. The average Bonchev–Trinajstić information content (AvgIpc) is 2.75. The number of hydrogen-bond donors (Lipinski definition) is 0. The fourth-order valence-electron chi connectivity index (χ4n) is 1.67. The van der Waals surface area contributed by atoms with Crippen LogP contribution in [0.15, 0.2) is 18.2 Å². The number of nitrogens with zero attached hydrogens (tertiary/aromatic N) is 1. The first-order valence-corrected chi connectivity index (χ1v) is 5.33. The van der Waals surface area contributed by atoms with E-state index >= 15 is 0 Å². The van der Waals surface area contributed by atoms with Crippen molar-refractivity contribution in [2.75, 3.05) is 13.8 Å². The molecule has 0 bridgehead atoms. The summed E-state index contributed by atoms with van der Waals surface area (Å²) in [5.41, 5.74) is 1.05. The third-order valence-corrected chi connectivity index (χ3v) is 2.58. The van der Waals surface area contributed by atoms with E-state index in [0.717, 1.165) is 17.1 Å². The van der Waals surface area contributed by atoms with Crippen molar-refractivity contribution in [3.8, 4) is 11.5 Å². The Kier molecular flexibility index (Phi) is 2.99. The Morgan fingerprint density at radius 1 is 1.38 bits per heavy atom. The van der Waals surface area contributed by atoms with E-state index in [0.29, 0.717) is 13.0 Å². The second kappa shape index (κ2) is 4.43. The van der Waals surface area contributed by atoms with E-state index in [-0.39, 0.29) is 12.7 Å². The molecule has 0 aliphatic carbocycles. The van der Waals surface area contributed by atoms with Gasteiger partial charge in [0.2, 0.25) is 12.7 Å². The molecule has 1 heterocycles. The maximum absolute atomic E-state index is 11.4. The van der Waals surface area contributed by atoms with E-state index in [1.54, 1.807) is 11.9 Å². The molecule has 0 fully saturated rings. The first-order chi connectivity index (χ1) is 7.70. The molecule has 86 valence electrons. The molecule has 0 saturated heterocycles. The Hall–Kier alpha value is -1.71. The first kappa shape index (κ1) is 10.8. The van der Waals surface area contributed by atoms with Gasteiger partial charge in [-0.2, -0.15) is 0 Å². The van der Waals surface area contributed by atoms with Gasteiger partial charge in [-0.05, 0) is 17.7 Å². The van der Waals surface area contributed by atoms with E-state index in [4.69, 9.17) is 9.47 Å². The van der Waals surface area contributed by atoms with Gasteiger partial charge < -0.3 is 14.4 Å². The van der Waals surface area contributed by atoms with Gasteiger partial charge in [0.1, 0.15) is 0 Å². The molecule has 4 nitrogen and oxygen atoms in total. The molecule has 1 aromatic rings. The van der Waals surface area contributed by atoms with Crippen LogP contribution in [-0.2, 0) is 11.3 Å². The van der Waals surface area contributed by atoms with Gasteiger partial charge in [-0.15, -0.1) is 0 Å². The van der Waals surface area contributed by atoms with E-state index in [9.17, 15) is 4.79 Å². The Morgan fingerprint density at radius 3 is 2.88 bits per heavy atom. The highest BCUT2D eigenvalue weighted by Crippen LogP contribution is 2.32. The highest BCUT2D eigenvalue weighted by molar-refractivity contribution is 5.75. The Bertz CT molecular complexity index is 403. The molecule has 4 heteroatoms. The van der Waals surface area contributed by atoms with Crippen molar-refractivity contribution in [3.05, 3.63) is 23.8 Å². The van der Waals surface area contributed by atoms with Crippen molar-refractivity contribution in [2.45, 2.75) is 19.9 Å². The largest absolute Gasteiger partial charge is 0.454 e. The van der Waals surface area contributed by atoms with Crippen LogP contribution in [0.5, 0.6) is 11.5 Å². The maximum atomic E-state index is 11.4.